The number of hydrogen-bond donors (Lipinski definition) is 0. The van der Waals surface area contributed by atoms with E-state index >= 15 is 0 Å². The molecule has 2 aromatic carbocycles. The minimum Gasteiger partial charge on any atom is -0.293 e. The van der Waals surface area contributed by atoms with Gasteiger partial charge in [-0.1, -0.05) is 88.4 Å². The fraction of sp³-hybridized carbons (Fsp3) is 0.333. The third kappa shape index (κ3) is 5.13. The zero-order chi connectivity index (χ0) is 23.0. The van der Waals surface area contributed by atoms with Crippen molar-refractivity contribution in [3.63, 3.8) is 0 Å². The van der Waals surface area contributed by atoms with E-state index in [1.807, 2.05) is 102 Å². The molecule has 4 heteroatoms. The summed E-state index contributed by atoms with van der Waals surface area (Å²) in [7, 11) is 0. The number of hydrogen-bond acceptors (Lipinski definition) is 2. The highest BCUT2D eigenvalue weighted by atomic mass is 16.2. The molecule has 0 N–H and O–H groups in total. The van der Waals surface area contributed by atoms with Gasteiger partial charge in [0.2, 0.25) is 11.8 Å². The summed E-state index contributed by atoms with van der Waals surface area (Å²) < 4.78 is 0. The molecule has 2 heterocycles. The minimum atomic E-state index is 0.0381. The standard InChI is InChI=1S/C23H22N2O2.2C2H6/c1-16-13-20(26)24(22(16)18-9-5-3-6-10-18)15-25-21(27)14-17(2)23(25)19-11-7-4-8-12-19;2*1-2/h3-12H,13-15H2,1-2H3;2*1-2H3. The molecule has 0 atom stereocenters. The number of rotatable bonds is 4. The van der Waals surface area contributed by atoms with E-state index in [1.165, 1.54) is 0 Å². The maximum atomic E-state index is 12.7. The van der Waals surface area contributed by atoms with E-state index in [-0.39, 0.29) is 18.5 Å². The maximum Gasteiger partial charge on any atom is 0.232 e. The van der Waals surface area contributed by atoms with Gasteiger partial charge in [0.05, 0.1) is 24.2 Å². The second-order valence-electron chi connectivity index (χ2n) is 7.13. The van der Waals surface area contributed by atoms with Crippen molar-refractivity contribution in [3.8, 4) is 0 Å². The topological polar surface area (TPSA) is 40.6 Å². The van der Waals surface area contributed by atoms with Gasteiger partial charge in [-0.3, -0.25) is 19.4 Å². The van der Waals surface area contributed by atoms with Crippen LogP contribution in [0, 0.1) is 0 Å². The molecule has 0 radical (unpaired) electrons. The molecule has 0 aliphatic carbocycles. The molecule has 0 fully saturated rings. The van der Waals surface area contributed by atoms with Crippen LogP contribution < -0.4 is 0 Å². The second kappa shape index (κ2) is 11.3. The van der Waals surface area contributed by atoms with E-state index in [9.17, 15) is 9.59 Å². The lowest BCUT2D eigenvalue weighted by atomic mass is 10.1. The largest absolute Gasteiger partial charge is 0.293 e. The molecular weight excluding hydrogens is 384 g/mol. The molecule has 0 bridgehead atoms. The first-order valence-corrected chi connectivity index (χ1v) is 11.2. The highest BCUT2D eigenvalue weighted by molar-refractivity contribution is 5.98. The van der Waals surface area contributed by atoms with Crippen molar-refractivity contribution < 1.29 is 9.59 Å². The van der Waals surface area contributed by atoms with Crippen LogP contribution in [0.1, 0.15) is 65.5 Å². The van der Waals surface area contributed by atoms with E-state index in [4.69, 9.17) is 0 Å². The maximum absolute atomic E-state index is 12.7. The molecule has 2 aliphatic heterocycles. The average molecular weight is 419 g/mol. The zero-order valence-electron chi connectivity index (χ0n) is 19.6. The van der Waals surface area contributed by atoms with Gasteiger partial charge < -0.3 is 0 Å². The highest BCUT2D eigenvalue weighted by Crippen LogP contribution is 2.36. The van der Waals surface area contributed by atoms with Crippen LogP contribution in [-0.4, -0.2) is 28.3 Å². The average Bonchev–Trinajstić information content (AvgIpc) is 3.25. The molecule has 0 saturated heterocycles. The summed E-state index contributed by atoms with van der Waals surface area (Å²) in [5, 5.41) is 0. The third-order valence-electron chi connectivity index (χ3n) is 5.16. The smallest absolute Gasteiger partial charge is 0.232 e. The molecule has 31 heavy (non-hydrogen) atoms. The van der Waals surface area contributed by atoms with Gasteiger partial charge in [0.25, 0.3) is 0 Å². The van der Waals surface area contributed by atoms with Crippen molar-refractivity contribution >= 4 is 23.2 Å². The first-order valence-electron chi connectivity index (χ1n) is 11.2. The van der Waals surface area contributed by atoms with Crippen molar-refractivity contribution in [2.45, 2.75) is 54.4 Å². The summed E-state index contributed by atoms with van der Waals surface area (Å²) in [6.07, 6.45) is 0.797. The Hall–Kier alpha value is -3.14. The van der Waals surface area contributed by atoms with Gasteiger partial charge in [0, 0.05) is 0 Å². The Kier molecular flexibility index (Phi) is 8.80. The van der Waals surface area contributed by atoms with Crippen LogP contribution in [0.25, 0.3) is 11.4 Å². The number of carbonyl (C=O) groups is 2. The van der Waals surface area contributed by atoms with Crippen LogP contribution in [-0.2, 0) is 9.59 Å². The predicted molar refractivity (Wildman–Crippen MR) is 129 cm³/mol. The van der Waals surface area contributed by atoms with Crippen molar-refractivity contribution in [2.75, 3.05) is 6.67 Å². The molecule has 0 unspecified atom stereocenters. The van der Waals surface area contributed by atoms with Gasteiger partial charge in [-0.25, -0.2) is 0 Å². The Bertz CT molecular complexity index is 880. The summed E-state index contributed by atoms with van der Waals surface area (Å²) in [5.41, 5.74) is 5.94. The number of nitrogens with zero attached hydrogens (tertiary/aromatic N) is 2. The van der Waals surface area contributed by atoms with Gasteiger partial charge in [0.1, 0.15) is 6.67 Å². The van der Waals surface area contributed by atoms with E-state index in [2.05, 4.69) is 0 Å². The Morgan fingerprint density at radius 3 is 1.26 bits per heavy atom. The van der Waals surface area contributed by atoms with Crippen LogP contribution in [0.15, 0.2) is 71.8 Å². The van der Waals surface area contributed by atoms with Gasteiger partial charge in [-0.2, -0.15) is 0 Å². The molecule has 0 aromatic heterocycles. The molecule has 4 rings (SSSR count). The van der Waals surface area contributed by atoms with Gasteiger partial charge in [0.15, 0.2) is 0 Å². The monoisotopic (exact) mass is 418 g/mol. The van der Waals surface area contributed by atoms with Crippen LogP contribution in [0.2, 0.25) is 0 Å². The lowest BCUT2D eigenvalue weighted by molar-refractivity contribution is -0.131. The fourth-order valence-electron chi connectivity index (χ4n) is 3.96. The predicted octanol–water partition coefficient (Wildman–Crippen LogP) is 6.32. The van der Waals surface area contributed by atoms with Crippen molar-refractivity contribution in [1.29, 1.82) is 0 Å². The first kappa shape index (κ1) is 24.1. The number of benzene rings is 2. The number of carbonyl (C=O) groups excluding carboxylic acids is 2. The molecule has 2 aliphatic rings. The molecule has 2 aromatic rings. The van der Waals surface area contributed by atoms with Gasteiger partial charge in [-0.05, 0) is 36.1 Å². The first-order chi connectivity index (χ1) is 15.1. The van der Waals surface area contributed by atoms with Crippen LogP contribution in [0.4, 0.5) is 0 Å². The lowest BCUT2D eigenvalue weighted by Gasteiger charge is -2.29. The quantitative estimate of drug-likeness (QED) is 0.583. The lowest BCUT2D eigenvalue weighted by Crippen LogP contribution is -2.38. The summed E-state index contributed by atoms with van der Waals surface area (Å²) >= 11 is 0. The molecular formula is C27H34N2O2. The van der Waals surface area contributed by atoms with Gasteiger partial charge in [-0.15, -0.1) is 0 Å². The SMILES string of the molecule is CC.CC.CC1=C(c2ccccc2)N(CN2C(=O)CC(C)=C2c2ccccc2)C(=O)C1. The molecule has 164 valence electrons. The Balaban J connectivity index is 0.000000807. The highest BCUT2D eigenvalue weighted by Gasteiger charge is 2.35. The Morgan fingerprint density at radius 1 is 0.613 bits per heavy atom. The van der Waals surface area contributed by atoms with Crippen LogP contribution in [0.5, 0.6) is 0 Å². The molecule has 0 saturated carbocycles. The second-order valence-corrected chi connectivity index (χ2v) is 7.13. The van der Waals surface area contributed by atoms with Gasteiger partial charge >= 0.3 is 0 Å². The molecule has 0 spiro atoms. The summed E-state index contributed by atoms with van der Waals surface area (Å²) in [5.74, 6) is 0.0761. The fourth-order valence-corrected chi connectivity index (χ4v) is 3.96. The minimum absolute atomic E-state index is 0.0381. The number of amides is 2. The van der Waals surface area contributed by atoms with E-state index in [0.717, 1.165) is 33.7 Å². The van der Waals surface area contributed by atoms with Crippen LogP contribution >= 0.6 is 0 Å². The summed E-state index contributed by atoms with van der Waals surface area (Å²) in [6, 6.07) is 19.8. The van der Waals surface area contributed by atoms with Crippen molar-refractivity contribution in [3.05, 3.63) is 82.9 Å². The Morgan fingerprint density at radius 2 is 0.935 bits per heavy atom. The van der Waals surface area contributed by atoms with Crippen molar-refractivity contribution in [1.82, 2.24) is 9.80 Å². The van der Waals surface area contributed by atoms with E-state index < -0.39 is 0 Å². The summed E-state index contributed by atoms with van der Waals surface area (Å²) in [4.78, 5) is 28.9. The molecule has 4 nitrogen and oxygen atoms in total. The zero-order valence-corrected chi connectivity index (χ0v) is 19.6. The van der Waals surface area contributed by atoms with E-state index in [1.54, 1.807) is 9.80 Å². The van der Waals surface area contributed by atoms with Crippen molar-refractivity contribution in [2.24, 2.45) is 0 Å². The van der Waals surface area contributed by atoms with E-state index in [0.29, 0.717) is 12.8 Å². The molecule has 2 amide bonds. The normalized spacial score (nSPS) is 15.7. The summed E-state index contributed by atoms with van der Waals surface area (Å²) in [6.45, 7) is 12.2. The van der Waals surface area contributed by atoms with Crippen LogP contribution in [0.3, 0.4) is 0 Å². The Labute approximate surface area is 186 Å². The third-order valence-corrected chi connectivity index (χ3v) is 5.16.